The molecule has 21 heavy (non-hydrogen) atoms. The molecule has 0 aliphatic carbocycles. The SMILES string of the molecule is COc1cc(C(=O)Nc2cc(F)c(F)c(F)c2)ccc1N. The zero-order chi connectivity index (χ0) is 15.6. The van der Waals surface area contributed by atoms with E-state index in [4.69, 9.17) is 10.5 Å². The van der Waals surface area contributed by atoms with E-state index in [0.717, 1.165) is 0 Å². The van der Waals surface area contributed by atoms with E-state index in [0.29, 0.717) is 23.6 Å². The molecule has 0 aliphatic rings. The topological polar surface area (TPSA) is 64.3 Å². The van der Waals surface area contributed by atoms with E-state index in [1.54, 1.807) is 0 Å². The molecule has 0 fully saturated rings. The Balaban J connectivity index is 2.26. The summed E-state index contributed by atoms with van der Waals surface area (Å²) < 4.78 is 43.9. The van der Waals surface area contributed by atoms with Crippen LogP contribution in [-0.4, -0.2) is 13.0 Å². The molecular formula is C14H11F3N2O2. The van der Waals surface area contributed by atoms with Crippen molar-refractivity contribution in [2.75, 3.05) is 18.2 Å². The molecular weight excluding hydrogens is 285 g/mol. The van der Waals surface area contributed by atoms with Crippen LogP contribution in [0.2, 0.25) is 0 Å². The molecule has 3 N–H and O–H groups in total. The largest absolute Gasteiger partial charge is 0.495 e. The number of methoxy groups -OCH3 is 1. The first-order chi connectivity index (χ1) is 9.92. The van der Waals surface area contributed by atoms with Crippen LogP contribution < -0.4 is 15.8 Å². The van der Waals surface area contributed by atoms with Crippen LogP contribution in [0.15, 0.2) is 30.3 Å². The third-order valence-electron chi connectivity index (χ3n) is 2.74. The van der Waals surface area contributed by atoms with Crippen molar-refractivity contribution in [3.63, 3.8) is 0 Å². The lowest BCUT2D eigenvalue weighted by atomic mass is 10.1. The van der Waals surface area contributed by atoms with Gasteiger partial charge in [-0.25, -0.2) is 13.2 Å². The quantitative estimate of drug-likeness (QED) is 0.676. The number of nitrogens with two attached hydrogens (primary N) is 1. The van der Waals surface area contributed by atoms with E-state index < -0.39 is 23.4 Å². The number of carbonyl (C=O) groups is 1. The summed E-state index contributed by atoms with van der Waals surface area (Å²) in [5.74, 6) is -4.72. The molecule has 0 saturated heterocycles. The van der Waals surface area contributed by atoms with Crippen molar-refractivity contribution in [3.05, 3.63) is 53.3 Å². The van der Waals surface area contributed by atoms with Crippen LogP contribution in [0, 0.1) is 17.5 Å². The van der Waals surface area contributed by atoms with Crippen molar-refractivity contribution in [1.82, 2.24) is 0 Å². The van der Waals surface area contributed by atoms with Crippen molar-refractivity contribution >= 4 is 17.3 Å². The lowest BCUT2D eigenvalue weighted by Gasteiger charge is -2.09. The Labute approximate surface area is 118 Å². The van der Waals surface area contributed by atoms with Gasteiger partial charge in [0.1, 0.15) is 5.75 Å². The molecule has 4 nitrogen and oxygen atoms in total. The summed E-state index contributed by atoms with van der Waals surface area (Å²) in [6.07, 6.45) is 0. The second-order valence-corrected chi connectivity index (χ2v) is 4.16. The van der Waals surface area contributed by atoms with E-state index in [1.807, 2.05) is 0 Å². The van der Waals surface area contributed by atoms with Gasteiger partial charge >= 0.3 is 0 Å². The van der Waals surface area contributed by atoms with E-state index in [-0.39, 0.29) is 11.3 Å². The van der Waals surface area contributed by atoms with E-state index in [1.165, 1.54) is 25.3 Å². The van der Waals surface area contributed by atoms with Gasteiger partial charge in [0.15, 0.2) is 17.5 Å². The molecule has 0 aliphatic heterocycles. The fraction of sp³-hybridized carbons (Fsp3) is 0.0714. The predicted molar refractivity (Wildman–Crippen MR) is 71.7 cm³/mol. The molecule has 1 amide bonds. The molecule has 110 valence electrons. The first-order valence-corrected chi connectivity index (χ1v) is 5.81. The number of amides is 1. The van der Waals surface area contributed by atoms with Crippen LogP contribution in [0.4, 0.5) is 24.5 Å². The maximum Gasteiger partial charge on any atom is 0.255 e. The molecule has 0 unspecified atom stereocenters. The minimum Gasteiger partial charge on any atom is -0.495 e. The molecule has 2 rings (SSSR count). The molecule has 0 spiro atoms. The number of ether oxygens (including phenoxy) is 1. The molecule has 0 saturated carbocycles. The van der Waals surface area contributed by atoms with Gasteiger partial charge in [-0.05, 0) is 18.2 Å². The fourth-order valence-electron chi connectivity index (χ4n) is 1.68. The normalized spacial score (nSPS) is 10.3. The third kappa shape index (κ3) is 3.07. The van der Waals surface area contributed by atoms with Crippen molar-refractivity contribution in [2.45, 2.75) is 0 Å². The van der Waals surface area contributed by atoms with Crippen LogP contribution in [0.1, 0.15) is 10.4 Å². The summed E-state index contributed by atoms with van der Waals surface area (Å²) in [5.41, 5.74) is 5.92. The van der Waals surface area contributed by atoms with E-state index in [2.05, 4.69) is 5.32 Å². The maximum atomic E-state index is 13.1. The van der Waals surface area contributed by atoms with Gasteiger partial charge in [-0.15, -0.1) is 0 Å². The standard InChI is InChI=1S/C14H11F3N2O2/c1-21-12-4-7(2-3-11(12)18)14(20)19-8-5-9(15)13(17)10(16)6-8/h2-6H,18H2,1H3,(H,19,20). The van der Waals surface area contributed by atoms with Crippen LogP contribution in [0.3, 0.4) is 0 Å². The highest BCUT2D eigenvalue weighted by Gasteiger charge is 2.14. The average Bonchev–Trinajstić information content (AvgIpc) is 2.45. The molecule has 2 aromatic carbocycles. The van der Waals surface area contributed by atoms with Gasteiger partial charge in [0.05, 0.1) is 12.8 Å². The van der Waals surface area contributed by atoms with Gasteiger partial charge in [-0.1, -0.05) is 0 Å². The second kappa shape index (κ2) is 5.74. The zero-order valence-corrected chi connectivity index (χ0v) is 10.9. The van der Waals surface area contributed by atoms with E-state index >= 15 is 0 Å². The van der Waals surface area contributed by atoms with Crippen LogP contribution in [0.5, 0.6) is 5.75 Å². The molecule has 0 bridgehead atoms. The summed E-state index contributed by atoms with van der Waals surface area (Å²) >= 11 is 0. The first kappa shape index (κ1) is 14.7. The number of hydrogen-bond acceptors (Lipinski definition) is 3. The summed E-state index contributed by atoms with van der Waals surface area (Å²) in [7, 11) is 1.39. The lowest BCUT2D eigenvalue weighted by Crippen LogP contribution is -2.13. The molecule has 0 aromatic heterocycles. The number of nitrogen functional groups attached to an aromatic ring is 1. The van der Waals surface area contributed by atoms with Gasteiger partial charge in [0, 0.05) is 23.4 Å². The number of rotatable bonds is 3. The lowest BCUT2D eigenvalue weighted by molar-refractivity contribution is 0.102. The summed E-state index contributed by atoms with van der Waals surface area (Å²) in [4.78, 5) is 12.0. The predicted octanol–water partition coefficient (Wildman–Crippen LogP) is 2.95. The summed E-state index contributed by atoms with van der Waals surface area (Å²) in [6, 6.07) is 5.62. The van der Waals surface area contributed by atoms with Crippen molar-refractivity contribution in [2.24, 2.45) is 0 Å². The van der Waals surface area contributed by atoms with E-state index in [9.17, 15) is 18.0 Å². The van der Waals surface area contributed by atoms with Crippen LogP contribution in [-0.2, 0) is 0 Å². The summed E-state index contributed by atoms with van der Waals surface area (Å²) in [5, 5.41) is 2.26. The Morgan fingerprint density at radius 3 is 2.33 bits per heavy atom. The number of nitrogens with one attached hydrogen (secondary N) is 1. The number of halogens is 3. The Bertz CT molecular complexity index is 682. The van der Waals surface area contributed by atoms with Gasteiger partial charge in [0.2, 0.25) is 0 Å². The number of carbonyl (C=O) groups excluding carboxylic acids is 1. The third-order valence-corrected chi connectivity index (χ3v) is 2.74. The van der Waals surface area contributed by atoms with Crippen LogP contribution in [0.25, 0.3) is 0 Å². The minimum atomic E-state index is -1.60. The smallest absolute Gasteiger partial charge is 0.255 e. The van der Waals surface area contributed by atoms with Gasteiger partial charge < -0.3 is 15.8 Å². The van der Waals surface area contributed by atoms with Gasteiger partial charge in [-0.3, -0.25) is 4.79 Å². The van der Waals surface area contributed by atoms with Crippen molar-refractivity contribution < 1.29 is 22.7 Å². The highest BCUT2D eigenvalue weighted by atomic mass is 19.2. The second-order valence-electron chi connectivity index (χ2n) is 4.16. The number of benzene rings is 2. The molecule has 0 heterocycles. The Morgan fingerprint density at radius 1 is 1.14 bits per heavy atom. The average molecular weight is 296 g/mol. The van der Waals surface area contributed by atoms with Crippen LogP contribution >= 0.6 is 0 Å². The Kier molecular flexibility index (Phi) is 4.02. The first-order valence-electron chi connectivity index (χ1n) is 5.81. The number of hydrogen-bond donors (Lipinski definition) is 2. The molecule has 0 radical (unpaired) electrons. The van der Waals surface area contributed by atoms with Gasteiger partial charge in [0.25, 0.3) is 5.91 Å². The Morgan fingerprint density at radius 2 is 1.76 bits per heavy atom. The highest BCUT2D eigenvalue weighted by molar-refractivity contribution is 6.04. The maximum absolute atomic E-state index is 13.1. The zero-order valence-electron chi connectivity index (χ0n) is 10.9. The molecule has 2 aromatic rings. The minimum absolute atomic E-state index is 0.172. The molecule has 0 atom stereocenters. The number of anilines is 2. The highest BCUT2D eigenvalue weighted by Crippen LogP contribution is 2.23. The monoisotopic (exact) mass is 296 g/mol. The van der Waals surface area contributed by atoms with Gasteiger partial charge in [-0.2, -0.15) is 0 Å². The fourth-order valence-corrected chi connectivity index (χ4v) is 1.68. The summed E-state index contributed by atoms with van der Waals surface area (Å²) in [6.45, 7) is 0. The van der Waals surface area contributed by atoms with Crippen molar-refractivity contribution in [1.29, 1.82) is 0 Å². The Hall–Kier alpha value is -2.70. The van der Waals surface area contributed by atoms with Crippen molar-refractivity contribution in [3.8, 4) is 5.75 Å². The molecule has 7 heteroatoms.